The fourth-order valence-electron chi connectivity index (χ4n) is 2.06. The van der Waals surface area contributed by atoms with Gasteiger partial charge in [-0.15, -0.1) is 0 Å². The molecular weight excluding hydrogens is 298 g/mol. The summed E-state index contributed by atoms with van der Waals surface area (Å²) in [6.45, 7) is 5.28. The van der Waals surface area contributed by atoms with Crippen molar-refractivity contribution in [2.75, 3.05) is 0 Å². The smallest absolute Gasteiger partial charge is 0.0295 e. The van der Waals surface area contributed by atoms with Crippen molar-refractivity contribution < 1.29 is 0 Å². The molecule has 100 valence electrons. The van der Waals surface area contributed by atoms with Gasteiger partial charge in [-0.1, -0.05) is 59.3 Å². The number of nitrogens with one attached hydrogen (secondary N) is 1. The monoisotopic (exact) mass is 317 g/mol. The zero-order chi connectivity index (χ0) is 13.7. The first kappa shape index (κ1) is 14.3. The topological polar surface area (TPSA) is 12.0 Å². The number of rotatable bonds is 5. The van der Waals surface area contributed by atoms with E-state index in [4.69, 9.17) is 0 Å². The summed E-state index contributed by atoms with van der Waals surface area (Å²) in [7, 11) is 0. The minimum Gasteiger partial charge on any atom is -0.306 e. The third-order valence-electron chi connectivity index (χ3n) is 3.39. The van der Waals surface area contributed by atoms with E-state index in [0.29, 0.717) is 6.04 Å². The third-order valence-corrected chi connectivity index (χ3v) is 3.89. The van der Waals surface area contributed by atoms with Crippen LogP contribution in [-0.2, 0) is 13.0 Å². The van der Waals surface area contributed by atoms with Crippen molar-refractivity contribution in [1.82, 2.24) is 5.32 Å². The normalized spacial score (nSPS) is 12.4. The van der Waals surface area contributed by atoms with Crippen molar-refractivity contribution in [3.63, 3.8) is 0 Å². The Morgan fingerprint density at radius 2 is 1.74 bits per heavy atom. The second kappa shape index (κ2) is 6.88. The van der Waals surface area contributed by atoms with E-state index in [2.05, 4.69) is 83.6 Å². The van der Waals surface area contributed by atoms with Gasteiger partial charge in [0.05, 0.1) is 0 Å². The van der Waals surface area contributed by atoms with E-state index in [9.17, 15) is 0 Å². The van der Waals surface area contributed by atoms with Gasteiger partial charge in [-0.3, -0.25) is 0 Å². The molecule has 0 aromatic heterocycles. The maximum absolute atomic E-state index is 3.56. The average Bonchev–Trinajstić information content (AvgIpc) is 2.45. The molecule has 0 aliphatic carbocycles. The van der Waals surface area contributed by atoms with Gasteiger partial charge in [-0.05, 0) is 42.2 Å². The quantitative estimate of drug-likeness (QED) is 0.830. The van der Waals surface area contributed by atoms with Crippen LogP contribution in [0, 0.1) is 0 Å². The SMILES string of the molecule is CCc1ccc(CN[C@H](C)c2cccc(Br)c2)cc1. The first-order valence-electron chi connectivity index (χ1n) is 6.75. The Morgan fingerprint density at radius 3 is 2.37 bits per heavy atom. The zero-order valence-electron chi connectivity index (χ0n) is 11.5. The molecule has 0 heterocycles. The lowest BCUT2D eigenvalue weighted by atomic mass is 10.1. The van der Waals surface area contributed by atoms with E-state index in [0.717, 1.165) is 17.4 Å². The molecule has 2 aromatic rings. The van der Waals surface area contributed by atoms with Crippen LogP contribution in [0.25, 0.3) is 0 Å². The Morgan fingerprint density at radius 1 is 1.05 bits per heavy atom. The van der Waals surface area contributed by atoms with E-state index in [1.54, 1.807) is 0 Å². The lowest BCUT2D eigenvalue weighted by Crippen LogP contribution is -2.18. The van der Waals surface area contributed by atoms with Crippen LogP contribution in [0.1, 0.15) is 36.6 Å². The van der Waals surface area contributed by atoms with Crippen LogP contribution >= 0.6 is 15.9 Å². The molecule has 0 aliphatic heterocycles. The minimum absolute atomic E-state index is 0.350. The fourth-order valence-corrected chi connectivity index (χ4v) is 2.47. The highest BCUT2D eigenvalue weighted by Crippen LogP contribution is 2.18. The van der Waals surface area contributed by atoms with Crippen molar-refractivity contribution in [3.05, 3.63) is 69.7 Å². The molecule has 0 spiro atoms. The van der Waals surface area contributed by atoms with Gasteiger partial charge < -0.3 is 5.32 Å². The largest absolute Gasteiger partial charge is 0.306 e. The van der Waals surface area contributed by atoms with Gasteiger partial charge in [0.25, 0.3) is 0 Å². The third kappa shape index (κ3) is 4.19. The highest BCUT2D eigenvalue weighted by Gasteiger charge is 2.05. The highest BCUT2D eigenvalue weighted by molar-refractivity contribution is 9.10. The van der Waals surface area contributed by atoms with Crippen LogP contribution in [-0.4, -0.2) is 0 Å². The predicted octanol–water partition coefficient (Wildman–Crippen LogP) is 4.86. The van der Waals surface area contributed by atoms with Gasteiger partial charge in [0.2, 0.25) is 0 Å². The number of hydrogen-bond donors (Lipinski definition) is 1. The predicted molar refractivity (Wildman–Crippen MR) is 85.2 cm³/mol. The fraction of sp³-hybridized carbons (Fsp3) is 0.294. The molecule has 1 atom stereocenters. The van der Waals surface area contributed by atoms with E-state index in [1.807, 2.05) is 0 Å². The van der Waals surface area contributed by atoms with Crippen molar-refractivity contribution in [2.45, 2.75) is 32.9 Å². The van der Waals surface area contributed by atoms with Crippen LogP contribution in [0.2, 0.25) is 0 Å². The van der Waals surface area contributed by atoms with Crippen molar-refractivity contribution >= 4 is 15.9 Å². The van der Waals surface area contributed by atoms with Crippen LogP contribution in [0.5, 0.6) is 0 Å². The van der Waals surface area contributed by atoms with Crippen molar-refractivity contribution in [2.24, 2.45) is 0 Å². The Labute approximate surface area is 124 Å². The van der Waals surface area contributed by atoms with E-state index >= 15 is 0 Å². The maximum Gasteiger partial charge on any atom is 0.0295 e. The van der Waals surface area contributed by atoms with E-state index in [1.165, 1.54) is 16.7 Å². The lowest BCUT2D eigenvalue weighted by molar-refractivity contribution is 0.574. The molecule has 0 radical (unpaired) electrons. The molecule has 1 nitrogen and oxygen atoms in total. The molecular formula is C17H20BrN. The molecule has 19 heavy (non-hydrogen) atoms. The first-order valence-corrected chi connectivity index (χ1v) is 7.55. The van der Waals surface area contributed by atoms with Gasteiger partial charge in [0, 0.05) is 17.1 Å². The molecule has 0 saturated heterocycles. The molecule has 2 heteroatoms. The van der Waals surface area contributed by atoms with E-state index < -0.39 is 0 Å². The molecule has 0 fully saturated rings. The summed E-state index contributed by atoms with van der Waals surface area (Å²) in [4.78, 5) is 0. The molecule has 0 bridgehead atoms. The van der Waals surface area contributed by atoms with Gasteiger partial charge >= 0.3 is 0 Å². The molecule has 2 aromatic carbocycles. The number of benzene rings is 2. The molecule has 0 aliphatic rings. The lowest BCUT2D eigenvalue weighted by Gasteiger charge is -2.15. The summed E-state index contributed by atoms with van der Waals surface area (Å²) in [5, 5.41) is 3.56. The first-order chi connectivity index (χ1) is 9.19. The average molecular weight is 318 g/mol. The van der Waals surface area contributed by atoms with Crippen LogP contribution < -0.4 is 5.32 Å². The van der Waals surface area contributed by atoms with Gasteiger partial charge in [0.1, 0.15) is 0 Å². The molecule has 0 saturated carbocycles. The van der Waals surface area contributed by atoms with Crippen molar-refractivity contribution in [3.8, 4) is 0 Å². The summed E-state index contributed by atoms with van der Waals surface area (Å²) in [5.74, 6) is 0. The number of hydrogen-bond acceptors (Lipinski definition) is 1. The summed E-state index contributed by atoms with van der Waals surface area (Å²) in [6, 6.07) is 17.6. The van der Waals surface area contributed by atoms with E-state index in [-0.39, 0.29) is 0 Å². The van der Waals surface area contributed by atoms with Gasteiger partial charge in [-0.25, -0.2) is 0 Å². The van der Waals surface area contributed by atoms with Crippen LogP contribution in [0.15, 0.2) is 53.0 Å². The number of halogens is 1. The second-order valence-corrected chi connectivity index (χ2v) is 5.74. The zero-order valence-corrected chi connectivity index (χ0v) is 13.1. The highest BCUT2D eigenvalue weighted by atomic mass is 79.9. The second-order valence-electron chi connectivity index (χ2n) is 4.83. The standard InChI is InChI=1S/C17H20BrN/c1-3-14-7-9-15(10-8-14)12-19-13(2)16-5-4-6-17(18)11-16/h4-11,13,19H,3,12H2,1-2H3/t13-/m1/s1. The molecule has 1 N–H and O–H groups in total. The molecule has 0 amide bonds. The Bertz CT molecular complexity index is 519. The van der Waals surface area contributed by atoms with Gasteiger partial charge in [-0.2, -0.15) is 0 Å². The molecule has 0 unspecified atom stereocenters. The summed E-state index contributed by atoms with van der Waals surface area (Å²) in [5.41, 5.74) is 4.03. The Balaban J connectivity index is 1.94. The van der Waals surface area contributed by atoms with Crippen molar-refractivity contribution in [1.29, 1.82) is 0 Å². The Hall–Kier alpha value is -1.12. The minimum atomic E-state index is 0.350. The Kier molecular flexibility index (Phi) is 5.17. The summed E-state index contributed by atoms with van der Waals surface area (Å²) < 4.78 is 1.13. The van der Waals surface area contributed by atoms with Crippen LogP contribution in [0.4, 0.5) is 0 Å². The number of aryl methyl sites for hydroxylation is 1. The maximum atomic E-state index is 3.56. The summed E-state index contributed by atoms with van der Waals surface area (Å²) >= 11 is 3.51. The summed E-state index contributed by atoms with van der Waals surface area (Å²) in [6.07, 6.45) is 1.10. The van der Waals surface area contributed by atoms with Crippen LogP contribution in [0.3, 0.4) is 0 Å². The van der Waals surface area contributed by atoms with Gasteiger partial charge in [0.15, 0.2) is 0 Å². The molecule has 2 rings (SSSR count).